The van der Waals surface area contributed by atoms with Crippen LogP contribution in [0.2, 0.25) is 0 Å². The fourth-order valence-corrected chi connectivity index (χ4v) is 2.79. The Labute approximate surface area is 141 Å². The van der Waals surface area contributed by atoms with E-state index in [2.05, 4.69) is 19.1 Å². The zero-order valence-electron chi connectivity index (χ0n) is 15.2. The SMILES string of the molecule is CCCc1ccc(CCCCCCCCCC(C)(C)C(=O)O)o1. The number of furan rings is 1. The smallest absolute Gasteiger partial charge is 0.309 e. The average Bonchev–Trinajstić information content (AvgIpc) is 2.93. The van der Waals surface area contributed by atoms with Gasteiger partial charge in [0.1, 0.15) is 11.5 Å². The molecule has 0 amide bonds. The van der Waals surface area contributed by atoms with Gasteiger partial charge in [0.25, 0.3) is 0 Å². The molecule has 0 fully saturated rings. The quantitative estimate of drug-likeness (QED) is 0.453. The minimum Gasteiger partial charge on any atom is -0.481 e. The van der Waals surface area contributed by atoms with Crippen molar-refractivity contribution in [1.29, 1.82) is 0 Å². The van der Waals surface area contributed by atoms with Gasteiger partial charge in [-0.15, -0.1) is 0 Å². The Morgan fingerprint density at radius 1 is 0.957 bits per heavy atom. The number of aliphatic carboxylic acids is 1. The average molecular weight is 322 g/mol. The lowest BCUT2D eigenvalue weighted by molar-refractivity contribution is -0.147. The Morgan fingerprint density at radius 2 is 1.48 bits per heavy atom. The van der Waals surface area contributed by atoms with Gasteiger partial charge in [-0.05, 0) is 45.2 Å². The third-order valence-electron chi connectivity index (χ3n) is 4.52. The molecule has 0 aliphatic rings. The Kier molecular flexibility index (Phi) is 9.05. The summed E-state index contributed by atoms with van der Waals surface area (Å²) in [5, 5.41) is 9.06. The van der Waals surface area contributed by atoms with Gasteiger partial charge in [-0.3, -0.25) is 4.79 Å². The highest BCUT2D eigenvalue weighted by Crippen LogP contribution is 2.24. The molecule has 0 aliphatic carbocycles. The molecule has 1 aromatic rings. The fourth-order valence-electron chi connectivity index (χ4n) is 2.79. The number of rotatable bonds is 13. The maximum atomic E-state index is 11.0. The van der Waals surface area contributed by atoms with E-state index in [0.717, 1.165) is 50.0 Å². The first-order valence-electron chi connectivity index (χ1n) is 9.26. The Hall–Kier alpha value is -1.25. The van der Waals surface area contributed by atoms with E-state index < -0.39 is 11.4 Å². The minimum atomic E-state index is -0.683. The van der Waals surface area contributed by atoms with Gasteiger partial charge in [0.05, 0.1) is 5.41 Å². The summed E-state index contributed by atoms with van der Waals surface area (Å²) in [6.07, 6.45) is 12.4. The largest absolute Gasteiger partial charge is 0.481 e. The summed E-state index contributed by atoms with van der Waals surface area (Å²) in [5.74, 6) is 1.56. The lowest BCUT2D eigenvalue weighted by atomic mass is 9.87. The standard InChI is InChI=1S/C20H34O3/c1-4-12-17-14-15-18(23-17)13-10-8-6-5-7-9-11-16-20(2,3)19(21)22/h14-15H,4-13,16H2,1-3H3,(H,21,22). The summed E-state index contributed by atoms with van der Waals surface area (Å²) in [6.45, 7) is 5.80. The van der Waals surface area contributed by atoms with Crippen molar-refractivity contribution in [1.82, 2.24) is 0 Å². The highest BCUT2D eigenvalue weighted by Gasteiger charge is 2.25. The van der Waals surface area contributed by atoms with E-state index in [1.807, 2.05) is 13.8 Å². The van der Waals surface area contributed by atoms with Gasteiger partial charge < -0.3 is 9.52 Å². The van der Waals surface area contributed by atoms with Crippen LogP contribution in [0.3, 0.4) is 0 Å². The van der Waals surface area contributed by atoms with Crippen molar-refractivity contribution in [2.45, 2.75) is 91.4 Å². The summed E-state index contributed by atoms with van der Waals surface area (Å²) < 4.78 is 5.79. The molecule has 132 valence electrons. The molecule has 0 aliphatic heterocycles. The molecule has 0 unspecified atom stereocenters. The van der Waals surface area contributed by atoms with Gasteiger partial charge >= 0.3 is 5.97 Å². The van der Waals surface area contributed by atoms with Crippen LogP contribution in [0, 0.1) is 5.41 Å². The molecule has 1 rings (SSSR count). The molecule has 3 heteroatoms. The number of carboxylic acid groups (broad SMARTS) is 1. The number of carboxylic acids is 1. The van der Waals surface area contributed by atoms with Crippen molar-refractivity contribution >= 4 is 5.97 Å². The molecule has 0 spiro atoms. The van der Waals surface area contributed by atoms with E-state index in [1.165, 1.54) is 32.1 Å². The van der Waals surface area contributed by atoms with E-state index >= 15 is 0 Å². The molecule has 0 radical (unpaired) electrons. The van der Waals surface area contributed by atoms with Crippen LogP contribution in [0.1, 0.15) is 90.1 Å². The van der Waals surface area contributed by atoms with Crippen LogP contribution in [-0.4, -0.2) is 11.1 Å². The third kappa shape index (κ3) is 8.24. The van der Waals surface area contributed by atoms with Crippen LogP contribution in [0.25, 0.3) is 0 Å². The molecule has 1 heterocycles. The maximum absolute atomic E-state index is 11.0. The first-order chi connectivity index (χ1) is 11.0. The molecular formula is C20H34O3. The van der Waals surface area contributed by atoms with E-state index in [0.29, 0.717) is 0 Å². The van der Waals surface area contributed by atoms with Crippen molar-refractivity contribution in [2.24, 2.45) is 5.41 Å². The third-order valence-corrected chi connectivity index (χ3v) is 4.52. The van der Waals surface area contributed by atoms with Crippen LogP contribution >= 0.6 is 0 Å². The number of unbranched alkanes of at least 4 members (excludes halogenated alkanes) is 6. The van der Waals surface area contributed by atoms with Crippen molar-refractivity contribution < 1.29 is 14.3 Å². The molecule has 0 saturated heterocycles. The molecule has 0 atom stereocenters. The van der Waals surface area contributed by atoms with E-state index in [-0.39, 0.29) is 0 Å². The Bertz CT molecular complexity index is 445. The van der Waals surface area contributed by atoms with Gasteiger partial charge in [-0.2, -0.15) is 0 Å². The van der Waals surface area contributed by atoms with Gasteiger partial charge in [0, 0.05) is 12.8 Å². The second-order valence-electron chi connectivity index (χ2n) is 7.28. The summed E-state index contributed by atoms with van der Waals surface area (Å²) in [6, 6.07) is 4.23. The van der Waals surface area contributed by atoms with Crippen molar-refractivity contribution in [3.05, 3.63) is 23.7 Å². The second kappa shape index (κ2) is 10.5. The predicted molar refractivity (Wildman–Crippen MR) is 94.8 cm³/mol. The highest BCUT2D eigenvalue weighted by atomic mass is 16.4. The van der Waals surface area contributed by atoms with Crippen LogP contribution in [-0.2, 0) is 17.6 Å². The van der Waals surface area contributed by atoms with Crippen LogP contribution in [0.5, 0.6) is 0 Å². The van der Waals surface area contributed by atoms with Crippen LogP contribution in [0.4, 0.5) is 0 Å². The lowest BCUT2D eigenvalue weighted by Gasteiger charge is -2.18. The van der Waals surface area contributed by atoms with Gasteiger partial charge in [-0.1, -0.05) is 45.4 Å². The Morgan fingerprint density at radius 3 is 2.04 bits per heavy atom. The Balaban J connectivity index is 1.96. The normalized spacial score (nSPS) is 11.8. The summed E-state index contributed by atoms with van der Waals surface area (Å²) >= 11 is 0. The van der Waals surface area contributed by atoms with Crippen LogP contribution < -0.4 is 0 Å². The molecule has 0 bridgehead atoms. The van der Waals surface area contributed by atoms with Gasteiger partial charge in [-0.25, -0.2) is 0 Å². The topological polar surface area (TPSA) is 50.4 Å². The summed E-state index contributed by atoms with van der Waals surface area (Å²) in [5.41, 5.74) is -0.570. The maximum Gasteiger partial charge on any atom is 0.309 e. The lowest BCUT2D eigenvalue weighted by Crippen LogP contribution is -2.23. The molecule has 1 aromatic heterocycles. The molecule has 23 heavy (non-hydrogen) atoms. The number of carbonyl (C=O) groups is 1. The van der Waals surface area contributed by atoms with E-state index in [4.69, 9.17) is 9.52 Å². The molecule has 3 nitrogen and oxygen atoms in total. The fraction of sp³-hybridized carbons (Fsp3) is 0.750. The molecular weight excluding hydrogens is 288 g/mol. The molecule has 1 N–H and O–H groups in total. The zero-order valence-corrected chi connectivity index (χ0v) is 15.2. The van der Waals surface area contributed by atoms with Crippen molar-refractivity contribution in [2.75, 3.05) is 0 Å². The van der Waals surface area contributed by atoms with Crippen molar-refractivity contribution in [3.63, 3.8) is 0 Å². The number of hydrogen-bond acceptors (Lipinski definition) is 2. The second-order valence-corrected chi connectivity index (χ2v) is 7.28. The first kappa shape index (κ1) is 19.8. The monoisotopic (exact) mass is 322 g/mol. The van der Waals surface area contributed by atoms with E-state index in [1.54, 1.807) is 0 Å². The predicted octanol–water partition coefficient (Wildman–Crippen LogP) is 6.01. The zero-order chi connectivity index (χ0) is 17.1. The van der Waals surface area contributed by atoms with Gasteiger partial charge in [0.2, 0.25) is 0 Å². The number of hydrogen-bond donors (Lipinski definition) is 1. The minimum absolute atomic E-state index is 0.570. The van der Waals surface area contributed by atoms with E-state index in [9.17, 15) is 4.79 Å². The van der Waals surface area contributed by atoms with Gasteiger partial charge in [0.15, 0.2) is 0 Å². The summed E-state index contributed by atoms with van der Waals surface area (Å²) in [7, 11) is 0. The van der Waals surface area contributed by atoms with Crippen molar-refractivity contribution in [3.8, 4) is 0 Å². The van der Waals surface area contributed by atoms with Crippen LogP contribution in [0.15, 0.2) is 16.5 Å². The summed E-state index contributed by atoms with van der Waals surface area (Å²) in [4.78, 5) is 11.0. The molecule has 0 saturated carbocycles. The highest BCUT2D eigenvalue weighted by molar-refractivity contribution is 5.73. The first-order valence-corrected chi connectivity index (χ1v) is 9.26. The molecule has 0 aromatic carbocycles. The number of aryl methyl sites for hydroxylation is 2.